The van der Waals surface area contributed by atoms with Crippen LogP contribution >= 0.6 is 0 Å². The first-order chi connectivity index (χ1) is 10.6. The maximum absolute atomic E-state index is 14.9. The summed E-state index contributed by atoms with van der Waals surface area (Å²) in [5.41, 5.74) is 4.18. The van der Waals surface area contributed by atoms with E-state index in [0.717, 1.165) is 30.3 Å². The second-order valence-corrected chi connectivity index (χ2v) is 4.67. The highest BCUT2D eigenvalue weighted by Gasteiger charge is 2.74. The van der Waals surface area contributed by atoms with Gasteiger partial charge in [0.05, 0.1) is 5.69 Å². The topological polar surface area (TPSA) is 35.2 Å². The van der Waals surface area contributed by atoms with Crippen molar-refractivity contribution in [1.29, 1.82) is 0 Å². The summed E-state index contributed by atoms with van der Waals surface area (Å²) in [5, 5.41) is 0. The van der Waals surface area contributed by atoms with Crippen LogP contribution in [0.1, 0.15) is 5.56 Å². The summed E-state index contributed by atoms with van der Waals surface area (Å²) in [7, 11) is 0. The average Bonchev–Trinajstić information content (AvgIpc) is 2.49. The van der Waals surface area contributed by atoms with Crippen molar-refractivity contribution in [2.45, 2.75) is 18.0 Å². The number of hydrogen-bond acceptors (Lipinski definition) is 2. The molecule has 0 amide bonds. The summed E-state index contributed by atoms with van der Waals surface area (Å²) < 4.78 is 85.1. The number of nitrogen functional groups attached to an aromatic ring is 1. The average molecular weight is 335 g/mol. The van der Waals surface area contributed by atoms with E-state index in [1.807, 2.05) is 0 Å². The van der Waals surface area contributed by atoms with Gasteiger partial charge in [-0.1, -0.05) is 42.5 Å². The number of halogens is 6. The van der Waals surface area contributed by atoms with Gasteiger partial charge in [0.15, 0.2) is 0 Å². The molecule has 0 aliphatic rings. The lowest BCUT2D eigenvalue weighted by atomic mass is 10.00. The Morgan fingerprint density at radius 2 is 1.26 bits per heavy atom. The molecule has 0 spiro atoms. The molecule has 2 aromatic rings. The van der Waals surface area contributed by atoms with E-state index in [1.165, 1.54) is 24.3 Å². The lowest BCUT2D eigenvalue weighted by molar-refractivity contribution is -0.371. The molecule has 2 aromatic carbocycles. The zero-order chi connectivity index (χ0) is 17.3. The van der Waals surface area contributed by atoms with E-state index >= 15 is 0 Å². The van der Waals surface area contributed by atoms with Crippen molar-refractivity contribution in [3.63, 3.8) is 0 Å². The largest absolute Gasteiger partial charge is 0.461 e. The van der Waals surface area contributed by atoms with Crippen LogP contribution in [0.15, 0.2) is 54.6 Å². The SMILES string of the molecule is Nc1ccccc1OC(F)(c1ccccc1)C(F)(F)C(F)(F)F. The van der Waals surface area contributed by atoms with Crippen molar-refractivity contribution in [1.82, 2.24) is 0 Å². The van der Waals surface area contributed by atoms with Crippen LogP contribution in [0.4, 0.5) is 32.0 Å². The predicted octanol–water partition coefficient (Wildman–Crippen LogP) is 4.67. The van der Waals surface area contributed by atoms with E-state index in [-0.39, 0.29) is 5.69 Å². The Morgan fingerprint density at radius 3 is 1.78 bits per heavy atom. The Hall–Kier alpha value is -2.38. The van der Waals surface area contributed by atoms with E-state index in [0.29, 0.717) is 0 Å². The van der Waals surface area contributed by atoms with Crippen molar-refractivity contribution in [2.75, 3.05) is 5.73 Å². The number of alkyl halides is 6. The first-order valence-corrected chi connectivity index (χ1v) is 6.32. The standard InChI is InChI=1S/C15H11F6NO/c16-13(10-6-2-1-3-7-10,14(17,18)15(19,20)21)23-12-9-5-4-8-11(12)22/h1-9H,22H2. The highest BCUT2D eigenvalue weighted by molar-refractivity contribution is 5.52. The van der Waals surface area contributed by atoms with Crippen LogP contribution in [0.5, 0.6) is 5.75 Å². The number of benzene rings is 2. The Morgan fingerprint density at radius 1 is 0.739 bits per heavy atom. The highest BCUT2D eigenvalue weighted by atomic mass is 19.4. The predicted molar refractivity (Wildman–Crippen MR) is 71.7 cm³/mol. The van der Waals surface area contributed by atoms with E-state index in [9.17, 15) is 26.3 Å². The fraction of sp³-hybridized carbons (Fsp3) is 0.200. The third-order valence-corrected chi connectivity index (χ3v) is 3.07. The van der Waals surface area contributed by atoms with Crippen molar-refractivity contribution in [2.24, 2.45) is 0 Å². The van der Waals surface area contributed by atoms with Crippen LogP contribution < -0.4 is 10.5 Å². The van der Waals surface area contributed by atoms with Crippen LogP contribution in [-0.4, -0.2) is 12.1 Å². The molecule has 8 heteroatoms. The van der Waals surface area contributed by atoms with E-state index in [2.05, 4.69) is 4.74 Å². The quantitative estimate of drug-likeness (QED) is 0.651. The van der Waals surface area contributed by atoms with Crippen LogP contribution in [0.2, 0.25) is 0 Å². The molecule has 2 rings (SSSR count). The molecule has 2 nitrogen and oxygen atoms in total. The van der Waals surface area contributed by atoms with Crippen molar-refractivity contribution in [3.05, 3.63) is 60.2 Å². The summed E-state index contributed by atoms with van der Waals surface area (Å²) >= 11 is 0. The third kappa shape index (κ3) is 2.93. The van der Waals surface area contributed by atoms with E-state index in [1.54, 1.807) is 0 Å². The second kappa shape index (κ2) is 5.68. The van der Waals surface area contributed by atoms with Crippen molar-refractivity contribution < 1.29 is 31.1 Å². The Kier molecular flexibility index (Phi) is 4.19. The molecule has 2 N–H and O–H groups in total. The molecule has 0 aliphatic carbocycles. The molecular weight excluding hydrogens is 324 g/mol. The van der Waals surface area contributed by atoms with Crippen molar-refractivity contribution in [3.8, 4) is 5.75 Å². The zero-order valence-electron chi connectivity index (χ0n) is 11.4. The van der Waals surface area contributed by atoms with Gasteiger partial charge in [-0.3, -0.25) is 0 Å². The minimum absolute atomic E-state index is 0.275. The number of para-hydroxylation sites is 2. The molecule has 1 unspecified atom stereocenters. The van der Waals surface area contributed by atoms with Gasteiger partial charge < -0.3 is 10.5 Å². The Bertz CT molecular complexity index is 673. The first kappa shape index (κ1) is 17.0. The van der Waals surface area contributed by atoms with Crippen LogP contribution in [-0.2, 0) is 5.85 Å². The maximum Gasteiger partial charge on any atom is 0.461 e. The Balaban J connectivity index is 2.60. The molecule has 23 heavy (non-hydrogen) atoms. The summed E-state index contributed by atoms with van der Waals surface area (Å²) in [4.78, 5) is 0. The summed E-state index contributed by atoms with van der Waals surface area (Å²) in [6.07, 6.45) is -6.17. The minimum atomic E-state index is -6.17. The molecule has 0 aromatic heterocycles. The molecule has 0 bridgehead atoms. The van der Waals surface area contributed by atoms with Crippen LogP contribution in [0, 0.1) is 0 Å². The molecule has 1 atom stereocenters. The number of ether oxygens (including phenoxy) is 1. The number of anilines is 1. The van der Waals surface area contributed by atoms with Crippen LogP contribution in [0.3, 0.4) is 0 Å². The fourth-order valence-corrected chi connectivity index (χ4v) is 1.86. The molecule has 0 fully saturated rings. The number of rotatable bonds is 4. The lowest BCUT2D eigenvalue weighted by Crippen LogP contribution is -2.55. The molecular formula is C15H11F6NO. The zero-order valence-corrected chi connectivity index (χ0v) is 11.4. The van der Waals surface area contributed by atoms with E-state index < -0.39 is 29.3 Å². The number of nitrogens with two attached hydrogens (primary N) is 1. The number of hydrogen-bond donors (Lipinski definition) is 1. The fourth-order valence-electron chi connectivity index (χ4n) is 1.86. The second-order valence-electron chi connectivity index (χ2n) is 4.67. The summed E-state index contributed by atoms with van der Waals surface area (Å²) in [5.74, 6) is -10.9. The van der Waals surface area contributed by atoms with Gasteiger partial charge >= 0.3 is 18.0 Å². The molecule has 0 radical (unpaired) electrons. The molecule has 0 saturated carbocycles. The minimum Gasteiger partial charge on any atom is -0.446 e. The smallest absolute Gasteiger partial charge is 0.446 e. The normalized spacial score (nSPS) is 15.0. The van der Waals surface area contributed by atoms with Gasteiger partial charge in [-0.15, -0.1) is 0 Å². The van der Waals surface area contributed by atoms with Gasteiger partial charge in [0.25, 0.3) is 0 Å². The van der Waals surface area contributed by atoms with Gasteiger partial charge in [0, 0.05) is 5.56 Å². The maximum atomic E-state index is 14.9. The molecule has 0 aliphatic heterocycles. The van der Waals surface area contributed by atoms with Crippen molar-refractivity contribution >= 4 is 5.69 Å². The summed E-state index contributed by atoms with van der Waals surface area (Å²) in [6.45, 7) is 0. The monoisotopic (exact) mass is 335 g/mol. The Labute approximate surface area is 127 Å². The van der Waals surface area contributed by atoms with Crippen LogP contribution in [0.25, 0.3) is 0 Å². The van der Waals surface area contributed by atoms with Gasteiger partial charge in [0.2, 0.25) is 0 Å². The molecule has 0 heterocycles. The lowest BCUT2D eigenvalue weighted by Gasteiger charge is -2.35. The first-order valence-electron chi connectivity index (χ1n) is 6.32. The van der Waals surface area contributed by atoms with E-state index in [4.69, 9.17) is 5.73 Å². The summed E-state index contributed by atoms with van der Waals surface area (Å²) in [6, 6.07) is 9.98. The highest BCUT2D eigenvalue weighted by Crippen LogP contribution is 2.52. The third-order valence-electron chi connectivity index (χ3n) is 3.07. The molecule has 124 valence electrons. The molecule has 0 saturated heterocycles. The van der Waals surface area contributed by atoms with Gasteiger partial charge in [-0.25, -0.2) is 0 Å². The van der Waals surface area contributed by atoms with Gasteiger partial charge in [-0.05, 0) is 12.1 Å². The van der Waals surface area contributed by atoms with Gasteiger partial charge in [-0.2, -0.15) is 26.3 Å². The van der Waals surface area contributed by atoms with Gasteiger partial charge in [0.1, 0.15) is 5.75 Å².